The molecule has 0 aliphatic heterocycles. The Morgan fingerprint density at radius 3 is 2.41 bits per heavy atom. The van der Waals surface area contributed by atoms with E-state index in [-0.39, 0.29) is 10.7 Å². The molecule has 0 fully saturated rings. The van der Waals surface area contributed by atoms with Gasteiger partial charge in [0.25, 0.3) is 0 Å². The van der Waals surface area contributed by atoms with Gasteiger partial charge in [-0.15, -0.1) is 22.7 Å². The zero-order valence-corrected chi connectivity index (χ0v) is 12.7. The Balaban J connectivity index is 2.07. The van der Waals surface area contributed by atoms with Crippen LogP contribution in [0, 0.1) is 0 Å². The van der Waals surface area contributed by atoms with Gasteiger partial charge in [-0.3, -0.25) is 0 Å². The van der Waals surface area contributed by atoms with E-state index in [9.17, 15) is 9.59 Å². The first-order valence-electron chi connectivity index (χ1n) is 4.05. The van der Waals surface area contributed by atoms with Crippen molar-refractivity contribution < 1.29 is 14.3 Å². The monoisotopic (exact) mass is 396 g/mol. The van der Waals surface area contributed by atoms with Gasteiger partial charge in [-0.25, -0.2) is 19.6 Å². The van der Waals surface area contributed by atoms with E-state index in [1.807, 2.05) is 0 Å². The third kappa shape index (κ3) is 3.18. The van der Waals surface area contributed by atoms with Crippen LogP contribution in [0.2, 0.25) is 0 Å². The quantitative estimate of drug-likeness (QED) is 0.575. The molecule has 17 heavy (non-hydrogen) atoms. The second-order valence-electron chi connectivity index (χ2n) is 2.64. The van der Waals surface area contributed by atoms with Gasteiger partial charge < -0.3 is 4.74 Å². The molecule has 0 saturated heterocycles. The van der Waals surface area contributed by atoms with Crippen molar-refractivity contribution in [2.24, 2.45) is 0 Å². The van der Waals surface area contributed by atoms with Crippen LogP contribution >= 0.6 is 54.5 Å². The van der Waals surface area contributed by atoms with Gasteiger partial charge in [0.05, 0.1) is 0 Å². The fourth-order valence-corrected chi connectivity index (χ4v) is 2.98. The first-order valence-corrected chi connectivity index (χ1v) is 7.39. The zero-order valence-electron chi connectivity index (χ0n) is 7.85. The highest BCUT2D eigenvalue weighted by Crippen LogP contribution is 2.18. The van der Waals surface area contributed by atoms with Crippen molar-refractivity contribution in [3.8, 4) is 0 Å². The molecule has 9 heteroatoms. The summed E-state index contributed by atoms with van der Waals surface area (Å²) < 4.78 is 5.70. The van der Waals surface area contributed by atoms with Gasteiger partial charge in [0.2, 0.25) is 5.01 Å². The van der Waals surface area contributed by atoms with Crippen molar-refractivity contribution in [2.45, 2.75) is 0 Å². The van der Waals surface area contributed by atoms with Gasteiger partial charge in [-0.1, -0.05) is 0 Å². The third-order valence-corrected chi connectivity index (χ3v) is 4.42. The molecule has 2 heterocycles. The summed E-state index contributed by atoms with van der Waals surface area (Å²) in [4.78, 5) is 30.7. The van der Waals surface area contributed by atoms with Crippen LogP contribution in [-0.2, 0) is 4.74 Å². The third-order valence-electron chi connectivity index (χ3n) is 1.52. The van der Waals surface area contributed by atoms with Crippen LogP contribution in [0.3, 0.4) is 0 Å². The van der Waals surface area contributed by atoms with Crippen LogP contribution in [-0.4, -0.2) is 21.9 Å². The van der Waals surface area contributed by atoms with E-state index in [1.165, 1.54) is 16.7 Å². The first-order chi connectivity index (χ1) is 8.06. The molecule has 0 amide bonds. The molecule has 0 aliphatic rings. The maximum atomic E-state index is 11.5. The Kier molecular flexibility index (Phi) is 4.02. The number of hydrogen-bond acceptors (Lipinski definition) is 7. The van der Waals surface area contributed by atoms with E-state index < -0.39 is 11.9 Å². The van der Waals surface area contributed by atoms with Crippen molar-refractivity contribution in [1.82, 2.24) is 9.97 Å². The zero-order chi connectivity index (χ0) is 12.4. The second-order valence-corrected chi connectivity index (χ2v) is 6.44. The number of carbonyl (C=O) groups is 2. The van der Waals surface area contributed by atoms with E-state index in [0.717, 1.165) is 11.3 Å². The normalized spacial score (nSPS) is 10.2. The molecular weight excluding hydrogens is 396 g/mol. The minimum absolute atomic E-state index is 0.0887. The predicted octanol–water partition coefficient (Wildman–Crippen LogP) is 3.12. The SMILES string of the molecule is O=C(OC(=O)c1nc(Br)cs1)c1csc(Br)n1. The predicted molar refractivity (Wildman–Crippen MR) is 69.4 cm³/mol. The molecule has 0 bridgehead atoms. The minimum Gasteiger partial charge on any atom is -0.383 e. The van der Waals surface area contributed by atoms with Crippen molar-refractivity contribution in [2.75, 3.05) is 0 Å². The van der Waals surface area contributed by atoms with E-state index in [2.05, 4.69) is 46.6 Å². The fraction of sp³-hybridized carbons (Fsp3) is 0. The summed E-state index contributed by atoms with van der Waals surface area (Å²) in [5.74, 6) is -1.57. The number of halogens is 2. The summed E-state index contributed by atoms with van der Waals surface area (Å²) >= 11 is 8.54. The molecule has 0 aromatic carbocycles. The molecule has 0 aliphatic carbocycles. The first kappa shape index (κ1) is 12.8. The molecule has 5 nitrogen and oxygen atoms in total. The number of ether oxygens (including phenoxy) is 1. The molecule has 88 valence electrons. The van der Waals surface area contributed by atoms with E-state index in [4.69, 9.17) is 0 Å². The highest BCUT2D eigenvalue weighted by molar-refractivity contribution is 9.11. The van der Waals surface area contributed by atoms with Crippen molar-refractivity contribution in [1.29, 1.82) is 0 Å². The number of nitrogens with zero attached hydrogens (tertiary/aromatic N) is 2. The molecule has 0 spiro atoms. The van der Waals surface area contributed by atoms with E-state index in [1.54, 1.807) is 5.38 Å². The number of hydrogen-bond donors (Lipinski definition) is 0. The van der Waals surface area contributed by atoms with Gasteiger partial charge in [0, 0.05) is 10.8 Å². The Morgan fingerprint density at radius 1 is 1.12 bits per heavy atom. The lowest BCUT2D eigenvalue weighted by Gasteiger charge is -1.96. The maximum absolute atomic E-state index is 11.5. The summed E-state index contributed by atoms with van der Waals surface area (Å²) in [6.45, 7) is 0. The highest BCUT2D eigenvalue weighted by Gasteiger charge is 2.19. The summed E-state index contributed by atoms with van der Waals surface area (Å²) in [5.41, 5.74) is 0.0887. The summed E-state index contributed by atoms with van der Waals surface area (Å²) in [5, 5.41) is 3.23. The average Bonchev–Trinajstić information content (AvgIpc) is 2.87. The highest BCUT2D eigenvalue weighted by atomic mass is 79.9. The largest absolute Gasteiger partial charge is 0.383 e. The van der Waals surface area contributed by atoms with Gasteiger partial charge in [-0.05, 0) is 31.9 Å². The van der Waals surface area contributed by atoms with Crippen molar-refractivity contribution in [3.63, 3.8) is 0 Å². The Bertz CT molecular complexity index is 531. The smallest absolute Gasteiger partial charge is 0.375 e. The van der Waals surface area contributed by atoms with Gasteiger partial charge in [0.1, 0.15) is 4.60 Å². The number of carbonyl (C=O) groups excluding carboxylic acids is 2. The fourth-order valence-electron chi connectivity index (χ4n) is 0.874. The van der Waals surface area contributed by atoms with Crippen LogP contribution in [0.25, 0.3) is 0 Å². The molecule has 0 N–H and O–H groups in total. The molecule has 2 aromatic rings. The van der Waals surface area contributed by atoms with E-state index in [0.29, 0.717) is 8.52 Å². The number of esters is 2. The second kappa shape index (κ2) is 5.34. The Morgan fingerprint density at radius 2 is 1.88 bits per heavy atom. The topological polar surface area (TPSA) is 69.2 Å². The van der Waals surface area contributed by atoms with Crippen LogP contribution < -0.4 is 0 Å². The van der Waals surface area contributed by atoms with Crippen molar-refractivity contribution in [3.05, 3.63) is 30.0 Å². The molecule has 2 aromatic heterocycles. The Labute approximate surface area is 120 Å². The van der Waals surface area contributed by atoms with Gasteiger partial charge in [-0.2, -0.15) is 0 Å². The average molecular weight is 398 g/mol. The lowest BCUT2D eigenvalue weighted by atomic mass is 10.5. The summed E-state index contributed by atoms with van der Waals surface area (Å²) in [6.07, 6.45) is 0. The standard InChI is InChI=1S/C8H2Br2N2O3S2/c9-4-2-16-5(12-4)7(14)15-6(13)3-1-17-8(10)11-3/h1-2H. The summed E-state index contributed by atoms with van der Waals surface area (Å²) in [6, 6.07) is 0. The van der Waals surface area contributed by atoms with Crippen LogP contribution in [0.4, 0.5) is 0 Å². The molecule has 0 radical (unpaired) electrons. The van der Waals surface area contributed by atoms with Crippen LogP contribution in [0.1, 0.15) is 20.3 Å². The lowest BCUT2D eigenvalue weighted by Crippen LogP contribution is -2.12. The number of thiazole rings is 2. The minimum atomic E-state index is -0.789. The van der Waals surface area contributed by atoms with Gasteiger partial charge in [0.15, 0.2) is 9.61 Å². The van der Waals surface area contributed by atoms with E-state index >= 15 is 0 Å². The lowest BCUT2D eigenvalue weighted by molar-refractivity contribution is 0.0393. The maximum Gasteiger partial charge on any atom is 0.375 e. The molecule has 0 unspecified atom stereocenters. The Hall–Kier alpha value is -0.640. The van der Waals surface area contributed by atoms with Gasteiger partial charge >= 0.3 is 11.9 Å². The number of aromatic nitrogens is 2. The summed E-state index contributed by atoms with van der Waals surface area (Å²) in [7, 11) is 0. The number of rotatable bonds is 2. The molecule has 2 rings (SSSR count). The molecular formula is C8H2Br2N2O3S2. The van der Waals surface area contributed by atoms with Crippen molar-refractivity contribution >= 4 is 66.5 Å². The van der Waals surface area contributed by atoms with Crippen LogP contribution in [0.15, 0.2) is 19.3 Å². The molecule has 0 saturated carbocycles. The molecule has 0 atom stereocenters. The van der Waals surface area contributed by atoms with Crippen LogP contribution in [0.5, 0.6) is 0 Å².